The highest BCUT2D eigenvalue weighted by Crippen LogP contribution is 2.40. The summed E-state index contributed by atoms with van der Waals surface area (Å²) in [5, 5.41) is 4.01. The van der Waals surface area contributed by atoms with Gasteiger partial charge in [0, 0.05) is 6.54 Å². The van der Waals surface area contributed by atoms with Gasteiger partial charge in [0.1, 0.15) is 5.82 Å². The molecule has 2 aromatic carbocycles. The van der Waals surface area contributed by atoms with Crippen molar-refractivity contribution in [2.24, 2.45) is 0 Å². The third kappa shape index (κ3) is 5.24. The van der Waals surface area contributed by atoms with Crippen LogP contribution in [0.1, 0.15) is 18.1 Å². The van der Waals surface area contributed by atoms with Crippen LogP contribution in [0.3, 0.4) is 0 Å². The number of carbonyl (C=O) groups excluding carboxylic acids is 2. The molecule has 0 bridgehead atoms. The first-order valence-electron chi connectivity index (χ1n) is 8.80. The molecule has 0 saturated heterocycles. The van der Waals surface area contributed by atoms with Gasteiger partial charge in [-0.05, 0) is 36.6 Å². The number of ether oxygens (including phenoxy) is 1. The Bertz CT molecular complexity index is 826. The summed E-state index contributed by atoms with van der Waals surface area (Å²) in [6.45, 7) is 1.04. The molecule has 2 rings (SSSR count). The minimum absolute atomic E-state index is 0.0377. The van der Waals surface area contributed by atoms with Crippen molar-refractivity contribution < 1.29 is 31.9 Å². The van der Waals surface area contributed by atoms with E-state index in [-0.39, 0.29) is 13.2 Å². The molecule has 9 heteroatoms. The summed E-state index contributed by atoms with van der Waals surface area (Å²) in [4.78, 5) is 24.6. The number of hydrogen-bond acceptors (Lipinski definition) is 3. The van der Waals surface area contributed by atoms with Crippen LogP contribution >= 0.6 is 0 Å². The highest BCUT2D eigenvalue weighted by molar-refractivity contribution is 5.89. The number of nitrogens with one attached hydrogen (secondary N) is 2. The number of hydrogen-bond donors (Lipinski definition) is 2. The van der Waals surface area contributed by atoms with Crippen LogP contribution < -0.4 is 10.6 Å². The van der Waals surface area contributed by atoms with E-state index < -0.39 is 35.1 Å². The van der Waals surface area contributed by atoms with Gasteiger partial charge in [-0.3, -0.25) is 0 Å². The summed E-state index contributed by atoms with van der Waals surface area (Å²) < 4.78 is 59.9. The molecular formula is C20H20F4N2O3. The van der Waals surface area contributed by atoms with Gasteiger partial charge in [0.25, 0.3) is 5.54 Å². The lowest BCUT2D eigenvalue weighted by molar-refractivity contribution is -0.214. The predicted octanol–water partition coefficient (Wildman–Crippen LogP) is 3.69. The second-order valence-corrected chi connectivity index (χ2v) is 6.09. The van der Waals surface area contributed by atoms with Crippen LogP contribution in [0.15, 0.2) is 54.6 Å². The van der Waals surface area contributed by atoms with Crippen LogP contribution in [0, 0.1) is 5.82 Å². The zero-order valence-corrected chi connectivity index (χ0v) is 15.6. The maximum absolute atomic E-state index is 14.0. The van der Waals surface area contributed by atoms with Gasteiger partial charge in [-0.1, -0.05) is 42.5 Å². The number of rotatable bonds is 7. The molecule has 29 heavy (non-hydrogen) atoms. The second kappa shape index (κ2) is 9.40. The fraction of sp³-hybridized carbons (Fsp3) is 0.300. The molecule has 0 fully saturated rings. The molecule has 0 radical (unpaired) electrons. The molecule has 1 atom stereocenters. The number of esters is 1. The van der Waals surface area contributed by atoms with E-state index in [4.69, 9.17) is 0 Å². The molecule has 2 aromatic rings. The third-order valence-electron chi connectivity index (χ3n) is 4.13. The SMILES string of the molecule is CCOC(=O)[C@](NC(=O)NCCc1ccccc1)(c1ccc(F)cc1)C(F)(F)F. The highest BCUT2D eigenvalue weighted by atomic mass is 19.4. The van der Waals surface area contributed by atoms with Gasteiger partial charge in [-0.25, -0.2) is 14.0 Å². The first-order valence-corrected chi connectivity index (χ1v) is 8.80. The fourth-order valence-electron chi connectivity index (χ4n) is 2.71. The van der Waals surface area contributed by atoms with Crippen molar-refractivity contribution in [2.45, 2.75) is 25.1 Å². The number of amides is 2. The molecule has 0 aliphatic carbocycles. The van der Waals surface area contributed by atoms with E-state index in [1.54, 1.807) is 29.6 Å². The first-order chi connectivity index (χ1) is 13.7. The Morgan fingerprint density at radius 2 is 1.62 bits per heavy atom. The van der Waals surface area contributed by atoms with Crippen molar-refractivity contribution in [1.82, 2.24) is 10.6 Å². The lowest BCUT2D eigenvalue weighted by Crippen LogP contribution is -2.63. The number of urea groups is 1. The molecular weight excluding hydrogens is 392 g/mol. The van der Waals surface area contributed by atoms with Gasteiger partial charge >= 0.3 is 18.2 Å². The van der Waals surface area contributed by atoms with Crippen molar-refractivity contribution in [3.63, 3.8) is 0 Å². The molecule has 0 spiro atoms. The van der Waals surface area contributed by atoms with Gasteiger partial charge in [-0.15, -0.1) is 0 Å². The van der Waals surface area contributed by atoms with E-state index in [0.717, 1.165) is 29.8 Å². The number of carbonyl (C=O) groups is 2. The Labute approximate surface area is 165 Å². The Balaban J connectivity index is 2.27. The quantitative estimate of drug-likeness (QED) is 0.539. The Kier molecular flexibility index (Phi) is 7.19. The molecule has 2 N–H and O–H groups in total. The van der Waals surface area contributed by atoms with Crippen molar-refractivity contribution >= 4 is 12.0 Å². The summed E-state index contributed by atoms with van der Waals surface area (Å²) in [5.74, 6) is -2.50. The average Bonchev–Trinajstić information content (AvgIpc) is 2.67. The van der Waals surface area contributed by atoms with Crippen LogP contribution in [0.4, 0.5) is 22.4 Å². The molecule has 0 saturated carbocycles. The van der Waals surface area contributed by atoms with Gasteiger partial charge < -0.3 is 15.4 Å². The smallest absolute Gasteiger partial charge is 0.426 e. The normalized spacial score (nSPS) is 13.3. The molecule has 2 amide bonds. The average molecular weight is 412 g/mol. The predicted molar refractivity (Wildman–Crippen MR) is 97.4 cm³/mol. The maximum atomic E-state index is 14.0. The summed E-state index contributed by atoms with van der Waals surface area (Å²) in [6, 6.07) is 10.9. The van der Waals surface area contributed by atoms with E-state index in [0.29, 0.717) is 6.42 Å². The molecule has 0 heterocycles. The van der Waals surface area contributed by atoms with E-state index in [1.807, 2.05) is 6.07 Å². The largest absolute Gasteiger partial charge is 0.464 e. The van der Waals surface area contributed by atoms with Crippen LogP contribution in [0.2, 0.25) is 0 Å². The van der Waals surface area contributed by atoms with Crippen LogP contribution in [-0.4, -0.2) is 31.3 Å². The van der Waals surface area contributed by atoms with Gasteiger partial charge in [0.05, 0.1) is 6.61 Å². The van der Waals surface area contributed by atoms with Gasteiger partial charge in [0.15, 0.2) is 0 Å². The van der Waals surface area contributed by atoms with Crippen LogP contribution in [0.25, 0.3) is 0 Å². The summed E-state index contributed by atoms with van der Waals surface area (Å²) in [5.41, 5.74) is -3.27. The lowest BCUT2D eigenvalue weighted by atomic mass is 9.89. The summed E-state index contributed by atoms with van der Waals surface area (Å²) in [6.07, 6.45) is -4.86. The fourth-order valence-corrected chi connectivity index (χ4v) is 2.71. The Morgan fingerprint density at radius 1 is 1.00 bits per heavy atom. The van der Waals surface area contributed by atoms with Crippen LogP contribution in [0.5, 0.6) is 0 Å². The summed E-state index contributed by atoms with van der Waals surface area (Å²) >= 11 is 0. The van der Waals surface area contributed by atoms with E-state index in [1.165, 1.54) is 6.92 Å². The second-order valence-electron chi connectivity index (χ2n) is 6.09. The minimum Gasteiger partial charge on any atom is -0.464 e. The zero-order valence-electron chi connectivity index (χ0n) is 15.6. The monoisotopic (exact) mass is 412 g/mol. The Hall–Kier alpha value is -3.10. The van der Waals surface area contributed by atoms with E-state index in [9.17, 15) is 27.2 Å². The van der Waals surface area contributed by atoms with Crippen molar-refractivity contribution in [3.05, 3.63) is 71.5 Å². The standard InChI is InChI=1S/C20H20F4N2O3/c1-2-29-17(27)19(20(22,23)24,15-8-10-16(21)11-9-15)26-18(28)25-13-12-14-6-4-3-5-7-14/h3-11H,2,12-13H2,1H3,(H2,25,26,28)/t19-/m1/s1. The van der Waals surface area contributed by atoms with E-state index in [2.05, 4.69) is 10.1 Å². The van der Waals surface area contributed by atoms with Crippen molar-refractivity contribution in [3.8, 4) is 0 Å². The molecule has 5 nitrogen and oxygen atoms in total. The zero-order chi connectivity index (χ0) is 21.5. The van der Waals surface area contributed by atoms with Gasteiger partial charge in [0.2, 0.25) is 0 Å². The van der Waals surface area contributed by atoms with Crippen LogP contribution in [-0.2, 0) is 21.5 Å². The molecule has 0 aliphatic rings. The molecule has 0 unspecified atom stereocenters. The van der Waals surface area contributed by atoms with E-state index >= 15 is 0 Å². The third-order valence-corrected chi connectivity index (χ3v) is 4.13. The molecule has 0 aromatic heterocycles. The minimum atomic E-state index is -5.24. The molecule has 0 aliphatic heterocycles. The maximum Gasteiger partial charge on any atom is 0.426 e. The first kappa shape index (κ1) is 22.2. The number of halogens is 4. The van der Waals surface area contributed by atoms with Gasteiger partial charge in [-0.2, -0.15) is 13.2 Å². The number of alkyl halides is 3. The topological polar surface area (TPSA) is 67.4 Å². The Morgan fingerprint density at radius 3 is 2.17 bits per heavy atom. The highest BCUT2D eigenvalue weighted by Gasteiger charge is 2.64. The van der Waals surface area contributed by atoms with Crippen molar-refractivity contribution in [1.29, 1.82) is 0 Å². The van der Waals surface area contributed by atoms with Crippen molar-refractivity contribution in [2.75, 3.05) is 13.2 Å². The lowest BCUT2D eigenvalue weighted by Gasteiger charge is -2.34. The molecule has 156 valence electrons. The summed E-state index contributed by atoms with van der Waals surface area (Å²) in [7, 11) is 0. The number of benzene rings is 2.